The summed E-state index contributed by atoms with van der Waals surface area (Å²) in [6, 6.07) is 0. The van der Waals surface area contributed by atoms with Crippen LogP contribution in [0.15, 0.2) is 0 Å². The number of hydrogen-bond acceptors (Lipinski definition) is 2. The van der Waals surface area contributed by atoms with Crippen LogP contribution in [-0.4, -0.2) is 18.0 Å². The van der Waals surface area contributed by atoms with E-state index in [9.17, 15) is 4.79 Å². The van der Waals surface area contributed by atoms with Crippen molar-refractivity contribution < 1.29 is 9.53 Å². The van der Waals surface area contributed by atoms with E-state index in [4.69, 9.17) is 4.74 Å². The monoisotopic (exact) mass is 284 g/mol. The van der Waals surface area contributed by atoms with E-state index in [2.05, 4.69) is 6.92 Å². The molecule has 0 aliphatic heterocycles. The molecule has 0 aromatic carbocycles. The smallest absolute Gasteiger partial charge is 0.158 e. The molecule has 120 valence electrons. The molecule has 0 unspecified atom stereocenters. The molecule has 0 amide bonds. The zero-order chi connectivity index (χ0) is 15.3. The topological polar surface area (TPSA) is 26.3 Å². The van der Waals surface area contributed by atoms with E-state index in [0.29, 0.717) is 6.42 Å². The van der Waals surface area contributed by atoms with Gasteiger partial charge in [0.25, 0.3) is 0 Å². The van der Waals surface area contributed by atoms with E-state index in [0.717, 1.165) is 6.42 Å². The van der Waals surface area contributed by atoms with Crippen LogP contribution < -0.4 is 0 Å². The largest absolute Gasteiger partial charge is 0.368 e. The van der Waals surface area contributed by atoms with E-state index in [1.165, 1.54) is 57.8 Å². The molecular formula is C18H36O2. The molecule has 0 rings (SSSR count). The molecule has 0 saturated heterocycles. The fourth-order valence-corrected chi connectivity index (χ4v) is 2.18. The number of ether oxygens (including phenoxy) is 1. The first-order valence-corrected chi connectivity index (χ1v) is 8.61. The van der Waals surface area contributed by atoms with E-state index in [1.807, 2.05) is 20.8 Å². The van der Waals surface area contributed by atoms with E-state index in [-0.39, 0.29) is 18.0 Å². The zero-order valence-electron chi connectivity index (χ0n) is 14.3. The van der Waals surface area contributed by atoms with Crippen molar-refractivity contribution in [1.82, 2.24) is 0 Å². The van der Waals surface area contributed by atoms with Crippen molar-refractivity contribution in [2.45, 2.75) is 104 Å². The summed E-state index contributed by atoms with van der Waals surface area (Å²) in [7, 11) is 0. The van der Waals surface area contributed by atoms with Crippen LogP contribution in [0, 0.1) is 0 Å². The minimum atomic E-state index is -0.201. The third kappa shape index (κ3) is 15.7. The summed E-state index contributed by atoms with van der Waals surface area (Å²) in [6.07, 6.45) is 13.8. The van der Waals surface area contributed by atoms with Gasteiger partial charge in [0.05, 0.1) is 5.60 Å². The third-order valence-electron chi connectivity index (χ3n) is 3.48. The number of hydrogen-bond donors (Lipinski definition) is 0. The molecule has 0 atom stereocenters. The van der Waals surface area contributed by atoms with Crippen LogP contribution in [0.1, 0.15) is 98.3 Å². The van der Waals surface area contributed by atoms with Gasteiger partial charge in [-0.25, -0.2) is 0 Å². The second kappa shape index (κ2) is 12.4. The Labute approximate surface area is 126 Å². The number of carbonyl (C=O) groups excluding carboxylic acids is 1. The summed E-state index contributed by atoms with van der Waals surface area (Å²) in [5.41, 5.74) is -0.201. The summed E-state index contributed by atoms with van der Waals surface area (Å²) in [5.74, 6) is 0.250. The molecule has 0 heterocycles. The minimum absolute atomic E-state index is 0.201. The normalized spacial score (nSPS) is 11.8. The summed E-state index contributed by atoms with van der Waals surface area (Å²) < 4.78 is 5.48. The molecule has 0 bridgehead atoms. The van der Waals surface area contributed by atoms with Gasteiger partial charge in [-0.2, -0.15) is 0 Å². The van der Waals surface area contributed by atoms with Crippen molar-refractivity contribution in [3.63, 3.8) is 0 Å². The highest BCUT2D eigenvalue weighted by Crippen LogP contribution is 2.12. The molecule has 0 saturated carbocycles. The molecule has 0 fully saturated rings. The van der Waals surface area contributed by atoms with Crippen LogP contribution in [0.5, 0.6) is 0 Å². The van der Waals surface area contributed by atoms with Crippen LogP contribution >= 0.6 is 0 Å². The van der Waals surface area contributed by atoms with Crippen molar-refractivity contribution >= 4 is 5.78 Å². The lowest BCUT2D eigenvalue weighted by atomic mass is 10.1. The second-order valence-electron chi connectivity index (χ2n) is 6.87. The molecule has 0 aliphatic carbocycles. The average molecular weight is 284 g/mol. The van der Waals surface area contributed by atoms with Crippen molar-refractivity contribution in [1.29, 1.82) is 0 Å². The Morgan fingerprint density at radius 2 is 1.25 bits per heavy atom. The minimum Gasteiger partial charge on any atom is -0.368 e. The second-order valence-corrected chi connectivity index (χ2v) is 6.87. The number of Topliss-reactive ketones (excluding diaryl/α,β-unsaturated/α-hetero) is 1. The lowest BCUT2D eigenvalue weighted by molar-refractivity contribution is -0.128. The Balaban J connectivity index is 3.21. The predicted octanol–water partition coefficient (Wildman–Crippen LogP) is 5.68. The van der Waals surface area contributed by atoms with Crippen molar-refractivity contribution in [3.8, 4) is 0 Å². The van der Waals surface area contributed by atoms with Crippen LogP contribution in [0.25, 0.3) is 0 Å². The molecule has 20 heavy (non-hydrogen) atoms. The molecule has 0 aromatic rings. The van der Waals surface area contributed by atoms with Gasteiger partial charge in [0.1, 0.15) is 6.61 Å². The molecule has 0 aromatic heterocycles. The zero-order valence-corrected chi connectivity index (χ0v) is 14.3. The number of ketones is 1. The van der Waals surface area contributed by atoms with Crippen LogP contribution in [-0.2, 0) is 9.53 Å². The highest BCUT2D eigenvalue weighted by molar-refractivity contribution is 5.79. The van der Waals surface area contributed by atoms with Crippen molar-refractivity contribution in [3.05, 3.63) is 0 Å². The molecule has 0 N–H and O–H groups in total. The summed E-state index contributed by atoms with van der Waals surface area (Å²) in [6.45, 7) is 8.50. The van der Waals surface area contributed by atoms with Crippen LogP contribution in [0.3, 0.4) is 0 Å². The Bertz CT molecular complexity index is 228. The summed E-state index contributed by atoms with van der Waals surface area (Å²) >= 11 is 0. The lowest BCUT2D eigenvalue weighted by Gasteiger charge is -2.18. The van der Waals surface area contributed by atoms with Gasteiger partial charge in [0, 0.05) is 6.42 Å². The van der Waals surface area contributed by atoms with Gasteiger partial charge in [-0.1, -0.05) is 64.7 Å². The van der Waals surface area contributed by atoms with Gasteiger partial charge in [-0.05, 0) is 27.2 Å². The number of carbonyl (C=O) groups is 1. The highest BCUT2D eigenvalue weighted by atomic mass is 16.5. The first-order valence-electron chi connectivity index (χ1n) is 8.61. The SMILES string of the molecule is CCCCCCCCCCCCC(=O)COC(C)(C)C. The maximum absolute atomic E-state index is 11.6. The molecule has 2 nitrogen and oxygen atoms in total. The Morgan fingerprint density at radius 3 is 1.70 bits per heavy atom. The first-order chi connectivity index (χ1) is 9.45. The van der Waals surface area contributed by atoms with Gasteiger partial charge in [-0.15, -0.1) is 0 Å². The summed E-state index contributed by atoms with van der Waals surface area (Å²) in [4.78, 5) is 11.6. The van der Waals surface area contributed by atoms with E-state index in [1.54, 1.807) is 0 Å². The average Bonchev–Trinajstić information content (AvgIpc) is 2.38. The maximum Gasteiger partial charge on any atom is 0.158 e. The third-order valence-corrected chi connectivity index (χ3v) is 3.48. The van der Waals surface area contributed by atoms with Gasteiger partial charge < -0.3 is 4.74 Å². The molecule has 0 aliphatic rings. The number of rotatable bonds is 13. The lowest BCUT2D eigenvalue weighted by Crippen LogP contribution is -2.23. The quantitative estimate of drug-likeness (QED) is 0.407. The van der Waals surface area contributed by atoms with Crippen LogP contribution in [0.2, 0.25) is 0 Å². The highest BCUT2D eigenvalue weighted by Gasteiger charge is 2.12. The Hall–Kier alpha value is -0.370. The van der Waals surface area contributed by atoms with Crippen LogP contribution in [0.4, 0.5) is 0 Å². The number of unbranched alkanes of at least 4 members (excludes halogenated alkanes) is 9. The Morgan fingerprint density at radius 1 is 0.800 bits per heavy atom. The van der Waals surface area contributed by atoms with Crippen molar-refractivity contribution in [2.24, 2.45) is 0 Å². The maximum atomic E-state index is 11.6. The van der Waals surface area contributed by atoms with Gasteiger partial charge in [-0.3, -0.25) is 4.79 Å². The fraction of sp³-hybridized carbons (Fsp3) is 0.944. The fourth-order valence-electron chi connectivity index (χ4n) is 2.18. The molecule has 2 heteroatoms. The van der Waals surface area contributed by atoms with Gasteiger partial charge in [0.15, 0.2) is 5.78 Å². The van der Waals surface area contributed by atoms with Gasteiger partial charge >= 0.3 is 0 Å². The molecular weight excluding hydrogens is 248 g/mol. The molecule has 0 spiro atoms. The summed E-state index contributed by atoms with van der Waals surface area (Å²) in [5, 5.41) is 0. The molecule has 0 radical (unpaired) electrons. The van der Waals surface area contributed by atoms with E-state index < -0.39 is 0 Å². The standard InChI is InChI=1S/C18H36O2/c1-5-6-7-8-9-10-11-12-13-14-15-17(19)16-20-18(2,3)4/h5-16H2,1-4H3. The van der Waals surface area contributed by atoms with Crippen molar-refractivity contribution in [2.75, 3.05) is 6.61 Å². The Kier molecular flexibility index (Phi) is 12.1. The van der Waals surface area contributed by atoms with E-state index >= 15 is 0 Å². The van der Waals surface area contributed by atoms with Gasteiger partial charge in [0.2, 0.25) is 0 Å². The first kappa shape index (κ1) is 19.6. The predicted molar refractivity (Wildman–Crippen MR) is 87.2 cm³/mol.